The van der Waals surface area contributed by atoms with Crippen molar-refractivity contribution in [1.29, 1.82) is 0 Å². The fourth-order valence-electron chi connectivity index (χ4n) is 3.59. The van der Waals surface area contributed by atoms with Crippen molar-refractivity contribution in [2.75, 3.05) is 6.61 Å². The molecule has 0 radical (unpaired) electrons. The second-order valence-electron chi connectivity index (χ2n) is 6.52. The lowest BCUT2D eigenvalue weighted by Gasteiger charge is -2.53. The quantitative estimate of drug-likeness (QED) is 0.742. The van der Waals surface area contributed by atoms with Crippen LogP contribution in [0.5, 0.6) is 0 Å². The summed E-state index contributed by atoms with van der Waals surface area (Å²) in [5.74, 6) is 0. The predicted octanol–water partition coefficient (Wildman–Crippen LogP) is 4.46. The van der Waals surface area contributed by atoms with Gasteiger partial charge in [0.2, 0.25) is 0 Å². The minimum absolute atomic E-state index is 0.105. The highest BCUT2D eigenvalue weighted by Crippen LogP contribution is 2.51. The summed E-state index contributed by atoms with van der Waals surface area (Å²) in [6.07, 6.45) is 6.25. The molecule has 0 bridgehead atoms. The van der Waals surface area contributed by atoms with Crippen molar-refractivity contribution in [1.82, 2.24) is 0 Å². The van der Waals surface area contributed by atoms with Gasteiger partial charge in [-0.05, 0) is 26.7 Å². The van der Waals surface area contributed by atoms with Crippen molar-refractivity contribution >= 4 is 0 Å². The van der Waals surface area contributed by atoms with Gasteiger partial charge in [-0.2, -0.15) is 0 Å². The molecule has 2 nitrogen and oxygen atoms in total. The van der Waals surface area contributed by atoms with E-state index in [0.717, 1.165) is 12.2 Å². The van der Waals surface area contributed by atoms with E-state index in [9.17, 15) is 0 Å². The van der Waals surface area contributed by atoms with Crippen LogP contribution in [-0.4, -0.2) is 12.2 Å². The second kappa shape index (κ2) is 4.92. The first-order valence-electron chi connectivity index (χ1n) is 7.47. The van der Waals surface area contributed by atoms with Crippen LogP contribution in [0, 0.1) is 5.41 Å². The van der Waals surface area contributed by atoms with E-state index in [2.05, 4.69) is 26.0 Å². The highest BCUT2D eigenvalue weighted by Gasteiger charge is 2.51. The lowest BCUT2D eigenvalue weighted by atomic mass is 9.64. The van der Waals surface area contributed by atoms with Gasteiger partial charge in [0.15, 0.2) is 6.29 Å². The average molecular weight is 260 g/mol. The molecule has 1 aromatic rings. The Morgan fingerprint density at radius 3 is 2.32 bits per heavy atom. The van der Waals surface area contributed by atoms with Crippen LogP contribution in [0.2, 0.25) is 0 Å². The summed E-state index contributed by atoms with van der Waals surface area (Å²) in [4.78, 5) is 0. The van der Waals surface area contributed by atoms with Crippen LogP contribution in [0.15, 0.2) is 30.3 Å². The van der Waals surface area contributed by atoms with Crippen molar-refractivity contribution in [2.24, 2.45) is 5.41 Å². The Balaban J connectivity index is 1.80. The molecule has 1 aromatic carbocycles. The number of hydrogen-bond donors (Lipinski definition) is 0. The molecule has 1 unspecified atom stereocenters. The Morgan fingerprint density at radius 2 is 1.68 bits per heavy atom. The Bertz CT molecular complexity index is 418. The first-order valence-corrected chi connectivity index (χ1v) is 7.47. The zero-order valence-electron chi connectivity index (χ0n) is 12.0. The summed E-state index contributed by atoms with van der Waals surface area (Å²) < 4.78 is 12.4. The zero-order valence-corrected chi connectivity index (χ0v) is 12.0. The Hall–Kier alpha value is -0.860. The van der Waals surface area contributed by atoms with Crippen molar-refractivity contribution < 1.29 is 9.47 Å². The molecule has 1 atom stereocenters. The molecule has 19 heavy (non-hydrogen) atoms. The Labute approximate surface area is 116 Å². The Morgan fingerprint density at radius 1 is 1.00 bits per heavy atom. The molecule has 1 saturated carbocycles. The van der Waals surface area contributed by atoms with Gasteiger partial charge in [-0.15, -0.1) is 0 Å². The molecule has 1 heterocycles. The minimum atomic E-state index is -0.205. The predicted molar refractivity (Wildman–Crippen MR) is 75.8 cm³/mol. The lowest BCUT2D eigenvalue weighted by Crippen LogP contribution is -2.54. The summed E-state index contributed by atoms with van der Waals surface area (Å²) in [5.41, 5.74) is 1.24. The molecule has 3 rings (SSSR count). The van der Waals surface area contributed by atoms with E-state index in [0.29, 0.717) is 0 Å². The normalized spacial score (nSPS) is 29.3. The molecule has 2 heteroatoms. The smallest absolute Gasteiger partial charge is 0.184 e. The van der Waals surface area contributed by atoms with Crippen LogP contribution in [0.4, 0.5) is 0 Å². The zero-order chi connectivity index (χ0) is 13.3. The molecule has 1 spiro atoms. The van der Waals surface area contributed by atoms with Gasteiger partial charge >= 0.3 is 0 Å². The van der Waals surface area contributed by atoms with E-state index in [4.69, 9.17) is 9.47 Å². The molecular formula is C17H24O2. The van der Waals surface area contributed by atoms with Gasteiger partial charge in [0, 0.05) is 11.0 Å². The van der Waals surface area contributed by atoms with E-state index in [1.807, 2.05) is 18.2 Å². The SMILES string of the molecule is CC1(C)OC(c2ccccc2)OCC12CCCCC2. The lowest BCUT2D eigenvalue weighted by molar-refractivity contribution is -0.314. The summed E-state index contributed by atoms with van der Waals surface area (Å²) >= 11 is 0. The van der Waals surface area contributed by atoms with Gasteiger partial charge in [-0.1, -0.05) is 49.6 Å². The van der Waals surface area contributed by atoms with E-state index in [1.54, 1.807) is 0 Å². The molecule has 0 N–H and O–H groups in total. The third-order valence-electron chi connectivity index (χ3n) is 5.07. The summed E-state index contributed by atoms with van der Waals surface area (Å²) in [6.45, 7) is 5.33. The minimum Gasteiger partial charge on any atom is -0.348 e. The first kappa shape index (κ1) is 13.1. The monoisotopic (exact) mass is 260 g/mol. The second-order valence-corrected chi connectivity index (χ2v) is 6.52. The third-order valence-corrected chi connectivity index (χ3v) is 5.07. The molecule has 1 aliphatic carbocycles. The summed E-state index contributed by atoms with van der Waals surface area (Å²) in [7, 11) is 0. The maximum atomic E-state index is 6.33. The number of benzene rings is 1. The van der Waals surface area contributed by atoms with E-state index >= 15 is 0 Å². The molecule has 104 valence electrons. The van der Waals surface area contributed by atoms with Crippen molar-refractivity contribution in [3.05, 3.63) is 35.9 Å². The third kappa shape index (κ3) is 2.32. The molecule has 2 fully saturated rings. The standard InChI is InChI=1S/C17H24O2/c1-16(2)17(11-7-4-8-12-17)13-18-15(19-16)14-9-5-3-6-10-14/h3,5-6,9-10,15H,4,7-8,11-13H2,1-2H3. The van der Waals surface area contributed by atoms with Gasteiger partial charge in [0.05, 0.1) is 12.2 Å². The van der Waals surface area contributed by atoms with Crippen LogP contribution in [0.25, 0.3) is 0 Å². The first-order chi connectivity index (χ1) is 9.13. The van der Waals surface area contributed by atoms with E-state index < -0.39 is 0 Å². The highest BCUT2D eigenvalue weighted by molar-refractivity contribution is 5.17. The van der Waals surface area contributed by atoms with Crippen molar-refractivity contribution in [2.45, 2.75) is 57.8 Å². The largest absolute Gasteiger partial charge is 0.348 e. The summed E-state index contributed by atoms with van der Waals surface area (Å²) in [5, 5.41) is 0. The fraction of sp³-hybridized carbons (Fsp3) is 0.647. The fourth-order valence-corrected chi connectivity index (χ4v) is 3.59. The molecule has 0 aromatic heterocycles. The molecule has 1 aliphatic heterocycles. The van der Waals surface area contributed by atoms with Crippen LogP contribution in [0.1, 0.15) is 57.8 Å². The molecular weight excluding hydrogens is 236 g/mol. The van der Waals surface area contributed by atoms with Crippen LogP contribution >= 0.6 is 0 Å². The summed E-state index contributed by atoms with van der Waals surface area (Å²) in [6, 6.07) is 10.3. The number of ether oxygens (including phenoxy) is 2. The van der Waals surface area contributed by atoms with Gasteiger partial charge in [0.1, 0.15) is 0 Å². The maximum Gasteiger partial charge on any atom is 0.184 e. The highest BCUT2D eigenvalue weighted by atomic mass is 16.7. The van der Waals surface area contributed by atoms with Gasteiger partial charge in [0.25, 0.3) is 0 Å². The average Bonchev–Trinajstić information content (AvgIpc) is 2.44. The topological polar surface area (TPSA) is 18.5 Å². The number of hydrogen-bond acceptors (Lipinski definition) is 2. The van der Waals surface area contributed by atoms with Crippen LogP contribution in [0.3, 0.4) is 0 Å². The number of rotatable bonds is 1. The maximum absolute atomic E-state index is 6.33. The Kier molecular flexibility index (Phi) is 3.40. The van der Waals surface area contributed by atoms with Crippen molar-refractivity contribution in [3.8, 4) is 0 Å². The van der Waals surface area contributed by atoms with Gasteiger partial charge in [-0.3, -0.25) is 0 Å². The van der Waals surface area contributed by atoms with Gasteiger partial charge < -0.3 is 9.47 Å². The van der Waals surface area contributed by atoms with Crippen LogP contribution in [-0.2, 0) is 9.47 Å². The van der Waals surface area contributed by atoms with Gasteiger partial charge in [-0.25, -0.2) is 0 Å². The van der Waals surface area contributed by atoms with Crippen LogP contribution < -0.4 is 0 Å². The molecule has 1 saturated heterocycles. The van der Waals surface area contributed by atoms with E-state index in [1.165, 1.54) is 32.1 Å². The molecule has 2 aliphatic rings. The van der Waals surface area contributed by atoms with E-state index in [-0.39, 0.29) is 17.3 Å². The van der Waals surface area contributed by atoms with Crippen molar-refractivity contribution in [3.63, 3.8) is 0 Å². The molecule has 0 amide bonds.